The van der Waals surface area contributed by atoms with Gasteiger partial charge >= 0.3 is 5.69 Å². The highest BCUT2D eigenvalue weighted by molar-refractivity contribution is 5.75. The smallest absolute Gasteiger partial charge is 0.330 e. The van der Waals surface area contributed by atoms with Gasteiger partial charge in [0.2, 0.25) is 0 Å². The summed E-state index contributed by atoms with van der Waals surface area (Å²) >= 11 is 0. The molecule has 0 bridgehead atoms. The van der Waals surface area contributed by atoms with E-state index in [-0.39, 0.29) is 11.7 Å². The summed E-state index contributed by atoms with van der Waals surface area (Å²) in [4.78, 5) is 24.0. The molecule has 0 unspecified atom stereocenters. The first-order chi connectivity index (χ1) is 16.8. The van der Waals surface area contributed by atoms with Gasteiger partial charge in [0.25, 0.3) is 0 Å². The number of aromatic nitrogens is 4. The molecular weight excluding hydrogens is 434 g/mol. The van der Waals surface area contributed by atoms with Crippen molar-refractivity contribution in [2.75, 3.05) is 0 Å². The van der Waals surface area contributed by atoms with Crippen LogP contribution in [0.3, 0.4) is 0 Å². The third-order valence-corrected chi connectivity index (χ3v) is 5.52. The average Bonchev–Trinajstić information content (AvgIpc) is 3.42. The zero-order valence-electron chi connectivity index (χ0n) is 22.2. The molecule has 0 aliphatic heterocycles. The van der Waals surface area contributed by atoms with E-state index >= 15 is 0 Å². The van der Waals surface area contributed by atoms with Crippen LogP contribution in [0.1, 0.15) is 71.9 Å². The normalized spacial score (nSPS) is 13.1. The molecule has 2 heterocycles. The number of fused-ring (bicyclic) bond motifs is 1. The Bertz CT molecular complexity index is 1230. The molecule has 1 aliphatic rings. The minimum absolute atomic E-state index is 0.00243. The van der Waals surface area contributed by atoms with Crippen molar-refractivity contribution in [1.29, 1.82) is 0 Å². The van der Waals surface area contributed by atoms with Crippen LogP contribution in [-0.2, 0) is 6.54 Å². The monoisotopic (exact) mass is 475 g/mol. The molecule has 1 N–H and O–H groups in total. The van der Waals surface area contributed by atoms with Crippen LogP contribution < -0.4 is 5.69 Å². The second-order valence-corrected chi connectivity index (χ2v) is 9.01. The Morgan fingerprint density at radius 3 is 2.46 bits per heavy atom. The number of nitrogens with one attached hydrogen (secondary N) is 1. The number of aromatic amines is 1. The van der Waals surface area contributed by atoms with Crippen LogP contribution in [0.4, 0.5) is 5.82 Å². The molecule has 0 amide bonds. The molecule has 3 aromatic rings. The van der Waals surface area contributed by atoms with Gasteiger partial charge in [-0.2, -0.15) is 0 Å². The Balaban J connectivity index is 0.000000273. The Kier molecular flexibility index (Phi) is 11.2. The molecule has 6 heteroatoms. The molecule has 6 nitrogen and oxygen atoms in total. The lowest BCUT2D eigenvalue weighted by molar-refractivity contribution is 0.560. The van der Waals surface area contributed by atoms with Crippen LogP contribution >= 0.6 is 0 Å². The summed E-state index contributed by atoms with van der Waals surface area (Å²) in [6.07, 6.45) is 15.6. The van der Waals surface area contributed by atoms with Crippen LogP contribution in [-0.4, -0.2) is 25.3 Å². The minimum atomic E-state index is -0.00243. The van der Waals surface area contributed by atoms with Crippen molar-refractivity contribution in [3.63, 3.8) is 0 Å². The highest BCUT2D eigenvalue weighted by Crippen LogP contribution is 2.22. The van der Waals surface area contributed by atoms with E-state index in [9.17, 15) is 4.79 Å². The number of aliphatic imine (C=N–C) groups is 1. The van der Waals surface area contributed by atoms with E-state index < -0.39 is 0 Å². The van der Waals surface area contributed by atoms with Gasteiger partial charge in [-0.3, -0.25) is 9.13 Å². The maximum atomic E-state index is 12.6. The van der Waals surface area contributed by atoms with Crippen LogP contribution in [0.5, 0.6) is 0 Å². The van der Waals surface area contributed by atoms with Gasteiger partial charge in [0.05, 0.1) is 23.6 Å². The Morgan fingerprint density at radius 1 is 1.17 bits per heavy atom. The number of benzene rings is 1. The SMILES string of the molecule is C=C/C=N\c1cn(CC2=CC=C(CC)CC2)c(=O)n1C(C)C.CCC.Cc1ccc2nc[nH]c2c1. The van der Waals surface area contributed by atoms with Crippen LogP contribution in [0.25, 0.3) is 11.0 Å². The van der Waals surface area contributed by atoms with E-state index in [1.807, 2.05) is 26.1 Å². The molecule has 0 spiro atoms. The number of hydrogen-bond acceptors (Lipinski definition) is 3. The fourth-order valence-electron chi connectivity index (χ4n) is 3.73. The number of aryl methyl sites for hydroxylation is 1. The maximum absolute atomic E-state index is 12.6. The van der Waals surface area contributed by atoms with E-state index in [1.165, 1.54) is 23.1 Å². The van der Waals surface area contributed by atoms with Crippen molar-refractivity contribution in [3.8, 4) is 0 Å². The molecule has 2 aromatic heterocycles. The highest BCUT2D eigenvalue weighted by atomic mass is 16.1. The zero-order chi connectivity index (χ0) is 25.8. The molecule has 0 saturated carbocycles. The molecule has 1 aromatic carbocycles. The molecule has 4 rings (SSSR count). The number of allylic oxidation sites excluding steroid dienone is 5. The van der Waals surface area contributed by atoms with Crippen molar-refractivity contribution in [2.24, 2.45) is 4.99 Å². The Labute approximate surface area is 209 Å². The number of imidazole rings is 2. The second-order valence-electron chi connectivity index (χ2n) is 9.01. The highest BCUT2D eigenvalue weighted by Gasteiger charge is 2.14. The first-order valence-corrected chi connectivity index (χ1v) is 12.6. The first kappa shape index (κ1) is 27.8. The van der Waals surface area contributed by atoms with Gasteiger partial charge in [-0.05, 0) is 57.7 Å². The summed E-state index contributed by atoms with van der Waals surface area (Å²) in [6.45, 7) is 16.8. The van der Waals surface area contributed by atoms with Crippen molar-refractivity contribution in [1.82, 2.24) is 19.1 Å². The Morgan fingerprint density at radius 2 is 1.86 bits per heavy atom. The Hall–Kier alpha value is -3.41. The zero-order valence-corrected chi connectivity index (χ0v) is 22.2. The molecule has 0 saturated heterocycles. The summed E-state index contributed by atoms with van der Waals surface area (Å²) in [6, 6.07) is 6.24. The largest absolute Gasteiger partial charge is 0.345 e. The summed E-state index contributed by atoms with van der Waals surface area (Å²) in [5.41, 5.74) is 6.17. The van der Waals surface area contributed by atoms with Crippen molar-refractivity contribution < 1.29 is 0 Å². The third kappa shape index (κ3) is 8.09. The van der Waals surface area contributed by atoms with Gasteiger partial charge < -0.3 is 4.98 Å². The molecule has 0 atom stereocenters. The van der Waals surface area contributed by atoms with Gasteiger partial charge in [0.15, 0.2) is 5.82 Å². The maximum Gasteiger partial charge on any atom is 0.330 e. The van der Waals surface area contributed by atoms with E-state index in [0.717, 1.165) is 30.3 Å². The van der Waals surface area contributed by atoms with Gasteiger partial charge in [0, 0.05) is 18.8 Å². The lowest BCUT2D eigenvalue weighted by Gasteiger charge is -2.13. The third-order valence-electron chi connectivity index (χ3n) is 5.52. The lowest BCUT2D eigenvalue weighted by atomic mass is 9.97. The summed E-state index contributed by atoms with van der Waals surface area (Å²) in [5.74, 6) is 0.682. The van der Waals surface area contributed by atoms with Gasteiger partial charge in [-0.25, -0.2) is 14.8 Å². The van der Waals surface area contributed by atoms with Crippen LogP contribution in [0.2, 0.25) is 0 Å². The van der Waals surface area contributed by atoms with E-state index in [2.05, 4.69) is 73.5 Å². The quantitative estimate of drug-likeness (QED) is 0.376. The van der Waals surface area contributed by atoms with Crippen molar-refractivity contribution in [3.05, 3.63) is 82.7 Å². The molecule has 188 valence electrons. The molecule has 0 fully saturated rings. The first-order valence-electron chi connectivity index (χ1n) is 12.6. The number of H-pyrrole nitrogens is 1. The van der Waals surface area contributed by atoms with Gasteiger partial charge in [-0.15, -0.1) is 0 Å². The summed E-state index contributed by atoms with van der Waals surface area (Å²) in [7, 11) is 0. The fraction of sp³-hybridized carbons (Fsp3) is 0.414. The van der Waals surface area contributed by atoms with Crippen molar-refractivity contribution >= 4 is 23.1 Å². The van der Waals surface area contributed by atoms with Crippen LogP contribution in [0, 0.1) is 6.92 Å². The minimum Gasteiger partial charge on any atom is -0.345 e. The number of nitrogens with zero attached hydrogens (tertiary/aromatic N) is 4. The van der Waals surface area contributed by atoms with Gasteiger partial charge in [-0.1, -0.05) is 69.2 Å². The second kappa shape index (κ2) is 14.1. The topological polar surface area (TPSA) is 68.0 Å². The number of rotatable bonds is 6. The van der Waals surface area contributed by atoms with Gasteiger partial charge in [0.1, 0.15) is 0 Å². The van der Waals surface area contributed by atoms with E-state index in [4.69, 9.17) is 0 Å². The van der Waals surface area contributed by atoms with Crippen molar-refractivity contribution in [2.45, 2.75) is 79.8 Å². The fourth-order valence-corrected chi connectivity index (χ4v) is 3.73. The predicted molar refractivity (Wildman–Crippen MR) is 150 cm³/mol. The van der Waals surface area contributed by atoms with Crippen LogP contribution in [0.15, 0.2) is 76.5 Å². The number of hydrogen-bond donors (Lipinski definition) is 1. The summed E-state index contributed by atoms with van der Waals surface area (Å²) in [5, 5.41) is 0. The standard InChI is InChI=1S/C18H25N3O.C8H8N2.C3H8/c1-5-11-19-17-13-20(18(22)21(17)14(3)4)12-16-9-7-15(6-2)8-10-16;1-6-2-3-7-8(4-6)10-5-9-7;1-3-2/h5,7,9,11,13-14H,1,6,8,10,12H2,2-4H3;2-5H,1H3,(H,9,10);3H2,1-2H3/b19-11-;;. The lowest BCUT2D eigenvalue weighted by Crippen LogP contribution is -2.26. The predicted octanol–water partition coefficient (Wildman–Crippen LogP) is 7.46. The van der Waals surface area contributed by atoms with E-state index in [1.54, 1.807) is 27.8 Å². The molecule has 1 aliphatic carbocycles. The molecular formula is C29H41N5O. The van der Waals surface area contributed by atoms with E-state index in [0.29, 0.717) is 12.4 Å². The average molecular weight is 476 g/mol. The molecule has 0 radical (unpaired) electrons. The summed E-state index contributed by atoms with van der Waals surface area (Å²) < 4.78 is 3.48. The molecule has 35 heavy (non-hydrogen) atoms.